The van der Waals surface area contributed by atoms with Crippen molar-refractivity contribution in [3.63, 3.8) is 0 Å². The van der Waals surface area contributed by atoms with Gasteiger partial charge in [-0.1, -0.05) is 19.3 Å². The largest absolute Gasteiger partial charge is 0.354 e. The summed E-state index contributed by atoms with van der Waals surface area (Å²) >= 11 is 0. The van der Waals surface area contributed by atoms with Crippen LogP contribution in [0.2, 0.25) is 0 Å². The second kappa shape index (κ2) is 3.72. The van der Waals surface area contributed by atoms with Gasteiger partial charge in [-0.3, -0.25) is 4.79 Å². The van der Waals surface area contributed by atoms with Crippen LogP contribution in [0.15, 0.2) is 12.3 Å². The number of rotatable bonds is 0. The van der Waals surface area contributed by atoms with E-state index in [1.165, 1.54) is 6.42 Å². The van der Waals surface area contributed by atoms with E-state index in [1.807, 2.05) is 13.0 Å². The fourth-order valence-corrected chi connectivity index (χ4v) is 2.83. The zero-order valence-corrected chi connectivity index (χ0v) is 10.0. The van der Waals surface area contributed by atoms with E-state index < -0.39 is 5.54 Å². The van der Waals surface area contributed by atoms with E-state index in [9.17, 15) is 4.79 Å². The summed E-state index contributed by atoms with van der Waals surface area (Å²) in [5.41, 5.74) is 1.49. The van der Waals surface area contributed by atoms with Crippen LogP contribution in [0.4, 0.5) is 11.5 Å². The van der Waals surface area contributed by atoms with Gasteiger partial charge in [-0.05, 0) is 31.4 Å². The van der Waals surface area contributed by atoms with E-state index in [0.29, 0.717) is 0 Å². The van der Waals surface area contributed by atoms with Gasteiger partial charge in [0, 0.05) is 6.20 Å². The Morgan fingerprint density at radius 1 is 1.29 bits per heavy atom. The third-order valence-electron chi connectivity index (χ3n) is 3.90. The molecule has 1 aromatic heterocycles. The van der Waals surface area contributed by atoms with Crippen LogP contribution in [0.25, 0.3) is 0 Å². The van der Waals surface area contributed by atoms with E-state index in [0.717, 1.165) is 42.8 Å². The first-order valence-electron chi connectivity index (χ1n) is 6.27. The van der Waals surface area contributed by atoms with Crippen molar-refractivity contribution in [2.45, 2.75) is 44.6 Å². The third-order valence-corrected chi connectivity index (χ3v) is 3.90. The van der Waals surface area contributed by atoms with Gasteiger partial charge in [0.1, 0.15) is 5.54 Å². The molecule has 1 fully saturated rings. The van der Waals surface area contributed by atoms with E-state index in [2.05, 4.69) is 15.6 Å². The Bertz CT molecular complexity index is 464. The third kappa shape index (κ3) is 1.59. The summed E-state index contributed by atoms with van der Waals surface area (Å²) < 4.78 is 0. The lowest BCUT2D eigenvalue weighted by Gasteiger charge is -2.40. The maximum absolute atomic E-state index is 12.3. The molecule has 1 saturated carbocycles. The molecule has 0 atom stereocenters. The molecule has 2 aliphatic rings. The van der Waals surface area contributed by atoms with Gasteiger partial charge in [0.15, 0.2) is 5.82 Å². The number of hydrogen-bond acceptors (Lipinski definition) is 3. The first kappa shape index (κ1) is 10.6. The maximum Gasteiger partial charge on any atom is 0.250 e. The number of aryl methyl sites for hydroxylation is 1. The SMILES string of the molecule is Cc1ccnc2c1NC(=O)C1(CCCCC1)N2. The lowest BCUT2D eigenvalue weighted by molar-refractivity contribution is -0.121. The molecule has 1 aromatic rings. The van der Waals surface area contributed by atoms with Crippen LogP contribution in [0.1, 0.15) is 37.7 Å². The van der Waals surface area contributed by atoms with Crippen molar-refractivity contribution < 1.29 is 4.79 Å². The summed E-state index contributed by atoms with van der Waals surface area (Å²) in [7, 11) is 0. The van der Waals surface area contributed by atoms with Crippen molar-refractivity contribution in [2.75, 3.05) is 10.6 Å². The molecule has 2 N–H and O–H groups in total. The predicted molar refractivity (Wildman–Crippen MR) is 67.0 cm³/mol. The van der Waals surface area contributed by atoms with Crippen molar-refractivity contribution >= 4 is 17.4 Å². The van der Waals surface area contributed by atoms with Crippen LogP contribution in [0.5, 0.6) is 0 Å². The number of aromatic nitrogens is 1. The molecule has 1 aliphatic heterocycles. The lowest BCUT2D eigenvalue weighted by atomic mass is 9.79. The molecule has 1 amide bonds. The number of hydrogen-bond donors (Lipinski definition) is 2. The number of pyridine rings is 1. The Morgan fingerprint density at radius 2 is 2.06 bits per heavy atom. The number of carbonyl (C=O) groups excluding carboxylic acids is 1. The Labute approximate surface area is 101 Å². The summed E-state index contributed by atoms with van der Waals surface area (Å²) in [6, 6.07) is 1.92. The lowest BCUT2D eigenvalue weighted by Crippen LogP contribution is -2.53. The minimum absolute atomic E-state index is 0.112. The number of amides is 1. The zero-order chi connectivity index (χ0) is 11.9. The van der Waals surface area contributed by atoms with Gasteiger partial charge in [0.2, 0.25) is 5.91 Å². The molecule has 1 spiro atoms. The number of nitrogens with zero attached hydrogens (tertiary/aromatic N) is 1. The van der Waals surface area contributed by atoms with Gasteiger partial charge in [0.05, 0.1) is 5.69 Å². The van der Waals surface area contributed by atoms with Gasteiger partial charge in [-0.25, -0.2) is 4.98 Å². The molecule has 0 radical (unpaired) electrons. The molecule has 2 heterocycles. The smallest absolute Gasteiger partial charge is 0.250 e. The molecule has 0 bridgehead atoms. The van der Waals surface area contributed by atoms with Crippen molar-refractivity contribution in [3.8, 4) is 0 Å². The van der Waals surface area contributed by atoms with Crippen molar-refractivity contribution in [2.24, 2.45) is 0 Å². The molecule has 90 valence electrons. The van der Waals surface area contributed by atoms with Crippen LogP contribution in [0, 0.1) is 6.92 Å². The van der Waals surface area contributed by atoms with Gasteiger partial charge in [-0.15, -0.1) is 0 Å². The maximum atomic E-state index is 12.3. The Hall–Kier alpha value is -1.58. The standard InChI is InChI=1S/C13H17N3O/c1-9-5-8-14-11-10(9)15-12(17)13(16-11)6-3-2-4-7-13/h5,8H,2-4,6-7H2,1H3,(H,14,16)(H,15,17). The van der Waals surface area contributed by atoms with Gasteiger partial charge < -0.3 is 10.6 Å². The fraction of sp³-hybridized carbons (Fsp3) is 0.538. The molecular weight excluding hydrogens is 214 g/mol. The van der Waals surface area contributed by atoms with E-state index in [4.69, 9.17) is 0 Å². The number of carbonyl (C=O) groups is 1. The van der Waals surface area contributed by atoms with Crippen LogP contribution in [0.3, 0.4) is 0 Å². The molecule has 3 rings (SSSR count). The second-order valence-corrected chi connectivity index (χ2v) is 5.07. The number of nitrogens with one attached hydrogen (secondary N) is 2. The molecule has 17 heavy (non-hydrogen) atoms. The summed E-state index contributed by atoms with van der Waals surface area (Å²) in [6.45, 7) is 1.99. The highest BCUT2D eigenvalue weighted by molar-refractivity contribution is 6.06. The van der Waals surface area contributed by atoms with Gasteiger partial charge in [0.25, 0.3) is 0 Å². The zero-order valence-electron chi connectivity index (χ0n) is 10.0. The predicted octanol–water partition coefficient (Wildman–Crippen LogP) is 2.46. The van der Waals surface area contributed by atoms with Crippen LogP contribution >= 0.6 is 0 Å². The second-order valence-electron chi connectivity index (χ2n) is 5.07. The Morgan fingerprint density at radius 3 is 2.82 bits per heavy atom. The Kier molecular flexibility index (Phi) is 2.31. The average molecular weight is 231 g/mol. The molecule has 4 nitrogen and oxygen atoms in total. The minimum Gasteiger partial charge on any atom is -0.354 e. The van der Waals surface area contributed by atoms with Gasteiger partial charge >= 0.3 is 0 Å². The van der Waals surface area contributed by atoms with Crippen LogP contribution in [-0.4, -0.2) is 16.4 Å². The highest BCUT2D eigenvalue weighted by Crippen LogP contribution is 2.38. The van der Waals surface area contributed by atoms with E-state index >= 15 is 0 Å². The molecule has 1 aliphatic carbocycles. The highest BCUT2D eigenvalue weighted by Gasteiger charge is 2.43. The number of anilines is 2. The molecular formula is C13H17N3O. The first-order chi connectivity index (χ1) is 8.21. The first-order valence-corrected chi connectivity index (χ1v) is 6.27. The topological polar surface area (TPSA) is 54.0 Å². The molecule has 4 heteroatoms. The normalized spacial score (nSPS) is 21.6. The van der Waals surface area contributed by atoms with Crippen molar-refractivity contribution in [3.05, 3.63) is 17.8 Å². The van der Waals surface area contributed by atoms with Crippen molar-refractivity contribution in [1.82, 2.24) is 4.98 Å². The van der Waals surface area contributed by atoms with E-state index in [-0.39, 0.29) is 5.91 Å². The Balaban J connectivity index is 2.00. The monoisotopic (exact) mass is 231 g/mol. The average Bonchev–Trinajstić information content (AvgIpc) is 2.33. The van der Waals surface area contributed by atoms with Crippen molar-refractivity contribution in [1.29, 1.82) is 0 Å². The minimum atomic E-state index is -0.411. The van der Waals surface area contributed by atoms with E-state index in [1.54, 1.807) is 6.20 Å². The summed E-state index contributed by atoms with van der Waals surface area (Å²) in [5.74, 6) is 0.937. The molecule has 0 saturated heterocycles. The van der Waals surface area contributed by atoms with Gasteiger partial charge in [-0.2, -0.15) is 0 Å². The molecule has 0 aromatic carbocycles. The highest BCUT2D eigenvalue weighted by atomic mass is 16.2. The molecule has 0 unspecified atom stereocenters. The van der Waals surface area contributed by atoms with Crippen LogP contribution < -0.4 is 10.6 Å². The van der Waals surface area contributed by atoms with Crippen LogP contribution in [-0.2, 0) is 4.79 Å². The quantitative estimate of drug-likeness (QED) is 0.721. The summed E-state index contributed by atoms with van der Waals surface area (Å²) in [6.07, 6.45) is 7.06. The fourth-order valence-electron chi connectivity index (χ4n) is 2.83. The summed E-state index contributed by atoms with van der Waals surface area (Å²) in [4.78, 5) is 16.6. The number of fused-ring (bicyclic) bond motifs is 1. The summed E-state index contributed by atoms with van der Waals surface area (Å²) in [5, 5.41) is 6.40.